The van der Waals surface area contributed by atoms with Crippen molar-refractivity contribution >= 4 is 23.4 Å². The number of amides is 1. The van der Waals surface area contributed by atoms with Gasteiger partial charge in [0.15, 0.2) is 11.5 Å². The molecule has 0 saturated heterocycles. The van der Waals surface area contributed by atoms with Crippen molar-refractivity contribution in [2.45, 2.75) is 18.6 Å². The van der Waals surface area contributed by atoms with Gasteiger partial charge in [0.2, 0.25) is 0 Å². The fourth-order valence-electron chi connectivity index (χ4n) is 3.62. The number of nitrogens with zero attached hydrogens (tertiary/aromatic N) is 2. The van der Waals surface area contributed by atoms with Crippen molar-refractivity contribution < 1.29 is 27.4 Å². The number of methoxy groups -OCH3 is 2. The molecule has 0 aliphatic carbocycles. The number of fused-ring (bicyclic) bond motifs is 2. The summed E-state index contributed by atoms with van der Waals surface area (Å²) in [6, 6.07) is 8.04. The minimum absolute atomic E-state index is 0.0711. The molecule has 4 rings (SSSR count). The molecule has 0 saturated carbocycles. The predicted molar refractivity (Wildman–Crippen MR) is 102 cm³/mol. The van der Waals surface area contributed by atoms with Crippen molar-refractivity contribution in [3.63, 3.8) is 0 Å². The van der Waals surface area contributed by atoms with E-state index < -0.39 is 17.8 Å². The third kappa shape index (κ3) is 3.24. The summed E-state index contributed by atoms with van der Waals surface area (Å²) >= 11 is 0. The Morgan fingerprint density at radius 1 is 1.07 bits per heavy atom. The normalized spacial score (nSPS) is 18.1. The van der Waals surface area contributed by atoms with Crippen LogP contribution in [0.5, 0.6) is 11.5 Å². The summed E-state index contributed by atoms with van der Waals surface area (Å²) < 4.78 is 50.7. The van der Waals surface area contributed by atoms with Gasteiger partial charge in [-0.25, -0.2) is 0 Å². The number of ether oxygens (including phenoxy) is 2. The molecule has 2 aromatic carbocycles. The maximum absolute atomic E-state index is 13.4. The zero-order valence-corrected chi connectivity index (χ0v) is 15.7. The Hall–Kier alpha value is -3.29. The Morgan fingerprint density at radius 2 is 1.76 bits per heavy atom. The fraction of sp³-hybridized carbons (Fsp3) is 0.238. The van der Waals surface area contributed by atoms with Gasteiger partial charge in [0.25, 0.3) is 5.91 Å². The number of hydrogen-bond donors (Lipinski definition) is 0. The summed E-state index contributed by atoms with van der Waals surface area (Å²) in [6.45, 7) is 0. The first-order valence-electron chi connectivity index (χ1n) is 8.83. The van der Waals surface area contributed by atoms with Crippen LogP contribution >= 0.6 is 0 Å². The van der Waals surface area contributed by atoms with Crippen LogP contribution in [0.4, 0.5) is 18.9 Å². The zero-order chi connectivity index (χ0) is 20.8. The molecular formula is C21H17F3N2O3. The second-order valence-electron chi connectivity index (χ2n) is 6.68. The molecule has 29 heavy (non-hydrogen) atoms. The highest BCUT2D eigenvalue weighted by molar-refractivity contribution is 6.05. The number of aliphatic imine (C=N–C) groups is 1. The smallest absolute Gasteiger partial charge is 0.416 e. The molecule has 1 amide bonds. The molecule has 8 heteroatoms. The van der Waals surface area contributed by atoms with E-state index in [0.717, 1.165) is 6.07 Å². The average molecular weight is 402 g/mol. The minimum Gasteiger partial charge on any atom is -0.493 e. The average Bonchev–Trinajstić information content (AvgIpc) is 3.09. The number of halogens is 3. The van der Waals surface area contributed by atoms with Crippen LogP contribution in [0.2, 0.25) is 0 Å². The number of benzene rings is 2. The molecule has 0 spiro atoms. The van der Waals surface area contributed by atoms with E-state index >= 15 is 0 Å². The van der Waals surface area contributed by atoms with Crippen LogP contribution in [0.25, 0.3) is 5.57 Å². The highest BCUT2D eigenvalue weighted by Crippen LogP contribution is 2.42. The van der Waals surface area contributed by atoms with Crippen molar-refractivity contribution in [3.05, 3.63) is 59.3 Å². The molecule has 0 N–H and O–H groups in total. The Kier molecular flexibility index (Phi) is 4.56. The lowest BCUT2D eigenvalue weighted by Crippen LogP contribution is -2.32. The number of alkyl halides is 3. The lowest BCUT2D eigenvalue weighted by molar-refractivity contribution is -0.137. The Bertz CT molecular complexity index is 1040. The molecule has 0 radical (unpaired) electrons. The molecule has 0 unspecified atom stereocenters. The molecule has 1 atom stereocenters. The standard InChI is InChI=1S/C21H17F3N2O3/c1-28-18-8-15-17(9-19(18)29-2)25-10-13-7-12(11-26(13)20(15)27)14-5-3-4-6-16(14)21(22,23)24/h3-6,8-11,13H,7H2,1-2H3/t13-/m0/s1. The highest BCUT2D eigenvalue weighted by Gasteiger charge is 2.38. The highest BCUT2D eigenvalue weighted by atomic mass is 19.4. The van der Waals surface area contributed by atoms with Gasteiger partial charge in [0.05, 0.1) is 37.1 Å². The van der Waals surface area contributed by atoms with Gasteiger partial charge in [-0.2, -0.15) is 13.2 Å². The van der Waals surface area contributed by atoms with Crippen LogP contribution < -0.4 is 9.47 Å². The van der Waals surface area contributed by atoms with Gasteiger partial charge < -0.3 is 14.4 Å². The summed E-state index contributed by atoms with van der Waals surface area (Å²) in [4.78, 5) is 18.9. The van der Waals surface area contributed by atoms with Crippen LogP contribution in [0.1, 0.15) is 27.9 Å². The Morgan fingerprint density at radius 3 is 2.45 bits per heavy atom. The maximum atomic E-state index is 13.4. The van der Waals surface area contributed by atoms with E-state index in [4.69, 9.17) is 9.47 Å². The molecule has 2 aromatic rings. The van der Waals surface area contributed by atoms with Gasteiger partial charge in [-0.3, -0.25) is 9.79 Å². The third-order valence-electron chi connectivity index (χ3n) is 5.01. The summed E-state index contributed by atoms with van der Waals surface area (Å²) in [5, 5.41) is 0. The van der Waals surface area contributed by atoms with E-state index in [1.54, 1.807) is 18.3 Å². The van der Waals surface area contributed by atoms with E-state index in [2.05, 4.69) is 4.99 Å². The first-order valence-corrected chi connectivity index (χ1v) is 8.83. The molecule has 2 aliphatic rings. The SMILES string of the molecule is COc1cc2c(cc1OC)C(=O)N1C=C(c3ccccc3C(F)(F)F)C[C@H]1C=N2. The van der Waals surface area contributed by atoms with E-state index in [9.17, 15) is 18.0 Å². The minimum atomic E-state index is -4.48. The molecular weight excluding hydrogens is 385 g/mol. The van der Waals surface area contributed by atoms with Crippen LogP contribution in [0.15, 0.2) is 47.6 Å². The fourth-order valence-corrected chi connectivity index (χ4v) is 3.62. The summed E-state index contributed by atoms with van der Waals surface area (Å²) in [6.07, 6.45) is -1.18. The van der Waals surface area contributed by atoms with Crippen molar-refractivity contribution in [2.75, 3.05) is 14.2 Å². The van der Waals surface area contributed by atoms with Crippen LogP contribution in [-0.4, -0.2) is 37.3 Å². The lowest BCUT2D eigenvalue weighted by atomic mass is 9.97. The number of carbonyl (C=O) groups excluding carboxylic acids is 1. The Balaban J connectivity index is 1.76. The van der Waals surface area contributed by atoms with Gasteiger partial charge in [-0.15, -0.1) is 0 Å². The number of hydrogen-bond acceptors (Lipinski definition) is 4. The van der Waals surface area contributed by atoms with E-state index in [-0.39, 0.29) is 17.9 Å². The second-order valence-corrected chi connectivity index (χ2v) is 6.68. The van der Waals surface area contributed by atoms with Crippen LogP contribution in [-0.2, 0) is 6.18 Å². The topological polar surface area (TPSA) is 51.1 Å². The van der Waals surface area contributed by atoms with E-state index in [1.165, 1.54) is 43.5 Å². The van der Waals surface area contributed by atoms with Gasteiger partial charge in [-0.05, 0) is 23.3 Å². The lowest BCUT2D eigenvalue weighted by Gasteiger charge is -2.18. The van der Waals surface area contributed by atoms with Crippen molar-refractivity contribution in [1.29, 1.82) is 0 Å². The van der Waals surface area contributed by atoms with Gasteiger partial charge in [-0.1, -0.05) is 18.2 Å². The molecule has 0 aromatic heterocycles. The van der Waals surface area contributed by atoms with Crippen molar-refractivity contribution in [3.8, 4) is 11.5 Å². The molecule has 5 nitrogen and oxygen atoms in total. The van der Waals surface area contributed by atoms with E-state index in [1.807, 2.05) is 0 Å². The number of rotatable bonds is 3. The first-order chi connectivity index (χ1) is 13.8. The molecule has 0 fully saturated rings. The molecule has 2 heterocycles. The van der Waals surface area contributed by atoms with Gasteiger partial charge in [0, 0.05) is 24.9 Å². The molecule has 2 aliphatic heterocycles. The largest absolute Gasteiger partial charge is 0.493 e. The molecule has 0 bridgehead atoms. The quantitative estimate of drug-likeness (QED) is 0.748. The van der Waals surface area contributed by atoms with Crippen molar-refractivity contribution in [1.82, 2.24) is 4.90 Å². The summed E-state index contributed by atoms with van der Waals surface area (Å²) in [5.41, 5.74) is 0.504. The Labute approximate surface area is 165 Å². The third-order valence-corrected chi connectivity index (χ3v) is 5.01. The predicted octanol–water partition coefficient (Wildman–Crippen LogP) is 4.69. The van der Waals surface area contributed by atoms with Gasteiger partial charge >= 0.3 is 6.18 Å². The van der Waals surface area contributed by atoms with E-state index in [0.29, 0.717) is 28.3 Å². The zero-order valence-electron chi connectivity index (χ0n) is 15.7. The number of carbonyl (C=O) groups is 1. The van der Waals surface area contributed by atoms with Crippen molar-refractivity contribution in [2.24, 2.45) is 4.99 Å². The first kappa shape index (κ1) is 19.0. The van der Waals surface area contributed by atoms with Crippen LogP contribution in [0, 0.1) is 0 Å². The summed E-state index contributed by atoms with van der Waals surface area (Å²) in [5.74, 6) is 0.454. The van der Waals surface area contributed by atoms with Gasteiger partial charge in [0.1, 0.15) is 0 Å². The summed E-state index contributed by atoms with van der Waals surface area (Å²) in [7, 11) is 2.94. The second kappa shape index (κ2) is 6.95. The van der Waals surface area contributed by atoms with Crippen LogP contribution in [0.3, 0.4) is 0 Å². The monoisotopic (exact) mass is 402 g/mol. The maximum Gasteiger partial charge on any atom is 0.416 e. The molecule has 150 valence electrons.